The summed E-state index contributed by atoms with van der Waals surface area (Å²) in [4.78, 5) is 10.7. The first-order chi connectivity index (χ1) is 14.2. The highest BCUT2D eigenvalue weighted by Crippen LogP contribution is 2.39. The van der Waals surface area contributed by atoms with Gasteiger partial charge in [0.2, 0.25) is 0 Å². The second kappa shape index (κ2) is 7.65. The van der Waals surface area contributed by atoms with Crippen molar-refractivity contribution in [1.82, 2.24) is 19.7 Å². The van der Waals surface area contributed by atoms with Gasteiger partial charge in [-0.3, -0.25) is 0 Å². The first-order valence-corrected chi connectivity index (χ1v) is 10.2. The van der Waals surface area contributed by atoms with Crippen LogP contribution < -0.4 is 9.64 Å². The molecule has 3 heterocycles. The number of benzene rings is 1. The quantitative estimate of drug-likeness (QED) is 0.711. The number of anilines is 1. The van der Waals surface area contributed by atoms with Crippen molar-refractivity contribution in [2.24, 2.45) is 11.8 Å². The van der Waals surface area contributed by atoms with E-state index in [4.69, 9.17) is 16.3 Å². The van der Waals surface area contributed by atoms with Gasteiger partial charge in [0.15, 0.2) is 0 Å². The molecule has 2 fully saturated rings. The van der Waals surface area contributed by atoms with Crippen LogP contribution in [0.4, 0.5) is 5.82 Å². The smallest absolute Gasteiger partial charge is 0.138 e. The molecule has 3 aromatic rings. The van der Waals surface area contributed by atoms with Crippen LogP contribution >= 0.6 is 11.6 Å². The molecule has 8 heteroatoms. The number of hydrogen-bond donors (Lipinski definition) is 1. The van der Waals surface area contributed by atoms with Crippen LogP contribution in [0.1, 0.15) is 12.8 Å². The predicted octanol–water partition coefficient (Wildman–Crippen LogP) is 2.97. The number of aliphatic hydroxyl groups is 1. The van der Waals surface area contributed by atoms with Gasteiger partial charge in [0, 0.05) is 19.3 Å². The summed E-state index contributed by atoms with van der Waals surface area (Å²) < 4.78 is 7.85. The zero-order valence-corrected chi connectivity index (χ0v) is 16.6. The first-order valence-electron chi connectivity index (χ1n) is 9.82. The molecule has 0 amide bonds. The molecule has 7 nitrogen and oxygen atoms in total. The van der Waals surface area contributed by atoms with Crippen LogP contribution in [-0.4, -0.2) is 50.2 Å². The minimum Gasteiger partial charge on any atom is -0.488 e. The highest BCUT2D eigenvalue weighted by atomic mass is 35.5. The lowest BCUT2D eigenvalue weighted by Crippen LogP contribution is -2.42. The van der Waals surface area contributed by atoms with E-state index in [-0.39, 0.29) is 6.10 Å². The van der Waals surface area contributed by atoms with Crippen molar-refractivity contribution in [1.29, 1.82) is 0 Å². The first kappa shape index (κ1) is 18.4. The van der Waals surface area contributed by atoms with Gasteiger partial charge in [0.25, 0.3) is 0 Å². The number of pyridine rings is 1. The van der Waals surface area contributed by atoms with Gasteiger partial charge in [0.1, 0.15) is 30.3 Å². The molecule has 2 aromatic heterocycles. The third kappa shape index (κ3) is 3.80. The summed E-state index contributed by atoms with van der Waals surface area (Å²) in [5.74, 6) is 2.64. The van der Waals surface area contributed by atoms with Crippen molar-refractivity contribution < 1.29 is 9.84 Å². The van der Waals surface area contributed by atoms with E-state index < -0.39 is 6.10 Å². The average molecular weight is 412 g/mol. The number of aliphatic hydroxyl groups excluding tert-OH is 1. The van der Waals surface area contributed by atoms with Gasteiger partial charge in [-0.1, -0.05) is 11.6 Å². The maximum atomic E-state index is 10.7. The molecule has 1 saturated heterocycles. The van der Waals surface area contributed by atoms with Crippen molar-refractivity contribution in [3.05, 3.63) is 60.3 Å². The molecule has 4 atom stereocenters. The Bertz CT molecular complexity index is 948. The summed E-state index contributed by atoms with van der Waals surface area (Å²) in [5.41, 5.74) is 0.918. The van der Waals surface area contributed by atoms with E-state index >= 15 is 0 Å². The molecule has 0 unspecified atom stereocenters. The number of fused-ring (bicyclic) bond motifs is 1. The fraction of sp³-hybridized carbons (Fsp3) is 0.381. The molecule has 0 spiro atoms. The zero-order valence-electron chi connectivity index (χ0n) is 15.8. The third-order valence-corrected chi connectivity index (χ3v) is 6.15. The van der Waals surface area contributed by atoms with Gasteiger partial charge in [-0.15, -0.1) is 0 Å². The van der Waals surface area contributed by atoms with Crippen LogP contribution in [0.5, 0.6) is 5.75 Å². The fourth-order valence-electron chi connectivity index (χ4n) is 4.45. The Hall–Kier alpha value is -2.64. The topological polar surface area (TPSA) is 76.3 Å². The molecular weight excluding hydrogens is 390 g/mol. The Morgan fingerprint density at radius 1 is 1.03 bits per heavy atom. The Morgan fingerprint density at radius 3 is 2.52 bits per heavy atom. The number of halogens is 1. The summed E-state index contributed by atoms with van der Waals surface area (Å²) in [7, 11) is 0. The van der Waals surface area contributed by atoms with Gasteiger partial charge in [-0.05, 0) is 61.1 Å². The van der Waals surface area contributed by atoms with Gasteiger partial charge < -0.3 is 14.7 Å². The molecular formula is C21H22ClN5O2. The summed E-state index contributed by atoms with van der Waals surface area (Å²) in [6.07, 6.45) is 5.75. The highest BCUT2D eigenvalue weighted by Gasteiger charge is 2.43. The van der Waals surface area contributed by atoms with Crippen molar-refractivity contribution >= 4 is 17.4 Å². The monoisotopic (exact) mass is 411 g/mol. The van der Waals surface area contributed by atoms with Crippen LogP contribution in [-0.2, 0) is 0 Å². The minimum atomic E-state index is -0.468. The van der Waals surface area contributed by atoms with Crippen molar-refractivity contribution in [2.45, 2.75) is 25.0 Å². The lowest BCUT2D eigenvalue weighted by atomic mass is 9.78. The summed E-state index contributed by atoms with van der Waals surface area (Å²) in [6, 6.07) is 11.5. The standard InChI is InChI=1S/C21H22ClN5O2/c22-16-1-6-21(24-9-16)26-10-14-7-19(28)20(8-15(14)11-26)29-18-4-2-17(3-5-18)27-13-23-12-25-27/h1-6,9,12-15,19-20,28H,7-8,10-11H2/t14-,15+,19+,20+/m0/s1. The largest absolute Gasteiger partial charge is 0.488 e. The summed E-state index contributed by atoms with van der Waals surface area (Å²) in [6.45, 7) is 1.84. The fourth-order valence-corrected chi connectivity index (χ4v) is 4.56. The van der Waals surface area contributed by atoms with Crippen LogP contribution in [0.15, 0.2) is 55.2 Å². The molecule has 1 aliphatic heterocycles. The lowest BCUT2D eigenvalue weighted by Gasteiger charge is -2.35. The van der Waals surface area contributed by atoms with E-state index in [0.717, 1.165) is 43.2 Å². The molecule has 150 valence electrons. The van der Waals surface area contributed by atoms with Crippen molar-refractivity contribution in [3.63, 3.8) is 0 Å². The van der Waals surface area contributed by atoms with Crippen molar-refractivity contribution in [2.75, 3.05) is 18.0 Å². The molecule has 29 heavy (non-hydrogen) atoms. The van der Waals surface area contributed by atoms with Gasteiger partial charge >= 0.3 is 0 Å². The maximum Gasteiger partial charge on any atom is 0.138 e. The van der Waals surface area contributed by atoms with E-state index in [1.165, 1.54) is 6.33 Å². The number of nitrogens with zero attached hydrogens (tertiary/aromatic N) is 5. The molecule has 0 bridgehead atoms. The molecule has 5 rings (SSSR count). The SMILES string of the molecule is O[C@@H]1C[C@H]2CN(c3ccc(Cl)cn3)C[C@H]2C[C@H]1Oc1ccc(-n2cncn2)cc1. The zero-order chi connectivity index (χ0) is 19.8. The molecule has 2 aliphatic rings. The van der Waals surface area contributed by atoms with E-state index in [0.29, 0.717) is 16.9 Å². The Balaban J connectivity index is 1.24. The Labute approximate surface area is 173 Å². The highest BCUT2D eigenvalue weighted by molar-refractivity contribution is 6.30. The summed E-state index contributed by atoms with van der Waals surface area (Å²) >= 11 is 5.96. The lowest BCUT2D eigenvalue weighted by molar-refractivity contribution is -0.0231. The molecule has 1 saturated carbocycles. The third-order valence-electron chi connectivity index (χ3n) is 5.93. The number of rotatable bonds is 4. The van der Waals surface area contributed by atoms with E-state index in [9.17, 15) is 5.11 Å². The number of hydrogen-bond acceptors (Lipinski definition) is 6. The van der Waals surface area contributed by atoms with Crippen LogP contribution in [0, 0.1) is 11.8 Å². The van der Waals surface area contributed by atoms with Crippen LogP contribution in [0.25, 0.3) is 5.69 Å². The number of ether oxygens (including phenoxy) is 1. The molecule has 0 radical (unpaired) electrons. The van der Waals surface area contributed by atoms with Crippen molar-refractivity contribution in [3.8, 4) is 11.4 Å². The molecule has 1 N–H and O–H groups in total. The molecule has 1 aromatic carbocycles. The average Bonchev–Trinajstić information content (AvgIpc) is 3.39. The Kier molecular flexibility index (Phi) is 4.85. The number of aromatic nitrogens is 4. The Morgan fingerprint density at radius 2 is 1.83 bits per heavy atom. The summed E-state index contributed by atoms with van der Waals surface area (Å²) in [5, 5.41) is 15.4. The van der Waals surface area contributed by atoms with Gasteiger partial charge in [0.05, 0.1) is 16.8 Å². The second-order valence-electron chi connectivity index (χ2n) is 7.79. The van der Waals surface area contributed by atoms with Gasteiger partial charge in [-0.25, -0.2) is 14.6 Å². The predicted molar refractivity (Wildman–Crippen MR) is 109 cm³/mol. The van der Waals surface area contributed by atoms with E-state index in [1.54, 1.807) is 17.2 Å². The van der Waals surface area contributed by atoms with E-state index in [1.807, 2.05) is 36.4 Å². The second-order valence-corrected chi connectivity index (χ2v) is 8.23. The van der Waals surface area contributed by atoms with E-state index in [2.05, 4.69) is 20.0 Å². The van der Waals surface area contributed by atoms with Gasteiger partial charge in [-0.2, -0.15) is 5.10 Å². The van der Waals surface area contributed by atoms with Crippen LogP contribution in [0.2, 0.25) is 5.02 Å². The normalized spacial score (nSPS) is 26.3. The molecule has 1 aliphatic carbocycles. The van der Waals surface area contributed by atoms with Crippen LogP contribution in [0.3, 0.4) is 0 Å². The minimum absolute atomic E-state index is 0.202. The maximum absolute atomic E-state index is 10.7.